The van der Waals surface area contributed by atoms with Crippen LogP contribution in [0.15, 0.2) is 78.9 Å². The number of Topliss-reactive ketones (excluding diaryl/α,β-unsaturated/α-hetero) is 1. The van der Waals surface area contributed by atoms with Crippen molar-refractivity contribution in [2.75, 3.05) is 20.1 Å². The quantitative estimate of drug-likeness (QED) is 0.294. The van der Waals surface area contributed by atoms with Gasteiger partial charge in [0, 0.05) is 45.1 Å². The van der Waals surface area contributed by atoms with Gasteiger partial charge in [0.05, 0.1) is 15.6 Å². The molecule has 3 aromatic rings. The van der Waals surface area contributed by atoms with Crippen LogP contribution in [0.5, 0.6) is 0 Å². The molecule has 1 amide bonds. The molecule has 4 rings (SSSR count). The lowest BCUT2D eigenvalue weighted by atomic mass is 9.78. The van der Waals surface area contributed by atoms with E-state index in [9.17, 15) is 9.59 Å². The molecule has 1 unspecified atom stereocenters. The van der Waals surface area contributed by atoms with Crippen molar-refractivity contribution in [3.05, 3.63) is 106 Å². The first-order valence-corrected chi connectivity index (χ1v) is 13.1. The third-order valence-corrected chi connectivity index (χ3v) is 8.30. The molecule has 3 aromatic carbocycles. The fourth-order valence-corrected chi connectivity index (χ4v) is 5.70. The first kappa shape index (κ1) is 26.4. The number of nitrogens with zero attached hydrogens (tertiary/aromatic N) is 2. The van der Waals surface area contributed by atoms with Crippen molar-refractivity contribution in [3.8, 4) is 0 Å². The van der Waals surface area contributed by atoms with Crippen molar-refractivity contribution in [2.24, 2.45) is 0 Å². The number of carbonyl (C=O) groups excluding carboxylic acids is 2. The highest BCUT2D eigenvalue weighted by Gasteiger charge is 2.42. The zero-order valence-electron chi connectivity index (χ0n) is 20.8. The molecule has 1 aliphatic heterocycles. The molecule has 1 heterocycles. The normalized spacial score (nSPS) is 16.3. The number of likely N-dealkylation sites (tertiary alicyclic amines) is 1. The van der Waals surface area contributed by atoms with Crippen LogP contribution in [0.1, 0.15) is 60.1 Å². The molecule has 1 atom stereocenters. The Morgan fingerprint density at radius 1 is 0.917 bits per heavy atom. The van der Waals surface area contributed by atoms with Crippen LogP contribution in [-0.4, -0.2) is 41.6 Å². The van der Waals surface area contributed by atoms with E-state index in [1.807, 2.05) is 78.7 Å². The number of amides is 1. The first-order valence-electron chi connectivity index (χ1n) is 12.4. The van der Waals surface area contributed by atoms with E-state index in [0.717, 1.165) is 42.6 Å². The van der Waals surface area contributed by atoms with E-state index < -0.39 is 0 Å². The maximum atomic E-state index is 12.9. The van der Waals surface area contributed by atoms with E-state index in [1.165, 1.54) is 0 Å². The van der Waals surface area contributed by atoms with Gasteiger partial charge in [0.25, 0.3) is 0 Å². The van der Waals surface area contributed by atoms with Gasteiger partial charge in [-0.2, -0.15) is 0 Å². The van der Waals surface area contributed by atoms with Gasteiger partial charge in [-0.3, -0.25) is 14.5 Å². The molecule has 4 nitrogen and oxygen atoms in total. The second kappa shape index (κ2) is 11.6. The van der Waals surface area contributed by atoms with Crippen LogP contribution in [0, 0.1) is 0 Å². The summed E-state index contributed by atoms with van der Waals surface area (Å²) >= 11 is 12.6. The number of rotatable bonds is 8. The van der Waals surface area contributed by atoms with Gasteiger partial charge in [-0.15, -0.1) is 0 Å². The molecule has 188 valence electrons. The fourth-order valence-electron chi connectivity index (χ4n) is 5.39. The zero-order valence-corrected chi connectivity index (χ0v) is 22.3. The SMILES string of the molecule is CC(=O)N(C)C1(c2ccccc2)CCN(C(CCC(=O)c2ccccc2)c2ccc(Cl)c(Cl)c2)CC1. The van der Waals surface area contributed by atoms with Crippen molar-refractivity contribution >= 4 is 34.9 Å². The highest BCUT2D eigenvalue weighted by Crippen LogP contribution is 2.41. The number of hydrogen-bond donors (Lipinski definition) is 0. The number of carbonyl (C=O) groups is 2. The van der Waals surface area contributed by atoms with E-state index in [1.54, 1.807) is 6.92 Å². The van der Waals surface area contributed by atoms with Gasteiger partial charge in [-0.05, 0) is 42.5 Å². The lowest BCUT2D eigenvalue weighted by Crippen LogP contribution is -2.53. The Kier molecular flexibility index (Phi) is 8.50. The molecule has 36 heavy (non-hydrogen) atoms. The minimum Gasteiger partial charge on any atom is -0.336 e. The van der Waals surface area contributed by atoms with Crippen LogP contribution in [-0.2, 0) is 10.3 Å². The maximum absolute atomic E-state index is 12.9. The topological polar surface area (TPSA) is 40.6 Å². The molecule has 0 aliphatic carbocycles. The second-order valence-corrected chi connectivity index (χ2v) is 10.3. The molecule has 1 aliphatic rings. The van der Waals surface area contributed by atoms with E-state index in [4.69, 9.17) is 23.2 Å². The van der Waals surface area contributed by atoms with Gasteiger partial charge in [0.15, 0.2) is 5.78 Å². The summed E-state index contributed by atoms with van der Waals surface area (Å²) in [6.07, 6.45) is 2.71. The molecule has 1 saturated heterocycles. The number of ketones is 1. The summed E-state index contributed by atoms with van der Waals surface area (Å²) in [6.45, 7) is 3.21. The third-order valence-electron chi connectivity index (χ3n) is 7.56. The molecule has 1 fully saturated rings. The molecular weight excluding hydrogens is 491 g/mol. The lowest BCUT2D eigenvalue weighted by Gasteiger charge is -2.49. The van der Waals surface area contributed by atoms with Crippen molar-refractivity contribution in [2.45, 2.75) is 44.2 Å². The van der Waals surface area contributed by atoms with Gasteiger partial charge in [-0.1, -0.05) is 89.9 Å². The monoisotopic (exact) mass is 522 g/mol. The number of hydrogen-bond acceptors (Lipinski definition) is 3. The summed E-state index contributed by atoms with van der Waals surface area (Å²) in [7, 11) is 1.90. The Labute approximate surface area is 223 Å². The number of piperidine rings is 1. The molecule has 6 heteroatoms. The minimum absolute atomic E-state index is 0.0174. The maximum Gasteiger partial charge on any atom is 0.219 e. The molecule has 0 radical (unpaired) electrons. The van der Waals surface area contributed by atoms with Crippen LogP contribution in [0.4, 0.5) is 0 Å². The average Bonchev–Trinajstić information content (AvgIpc) is 2.91. The molecule has 0 spiro atoms. The smallest absolute Gasteiger partial charge is 0.219 e. The van der Waals surface area contributed by atoms with E-state index in [0.29, 0.717) is 22.9 Å². The van der Waals surface area contributed by atoms with E-state index in [2.05, 4.69) is 17.0 Å². The number of benzene rings is 3. The van der Waals surface area contributed by atoms with Gasteiger partial charge in [0.1, 0.15) is 0 Å². The van der Waals surface area contributed by atoms with Crippen LogP contribution >= 0.6 is 23.2 Å². The molecule has 0 aromatic heterocycles. The van der Waals surface area contributed by atoms with E-state index >= 15 is 0 Å². The number of halogens is 2. The minimum atomic E-state index is -0.356. The first-order chi connectivity index (χ1) is 17.3. The van der Waals surface area contributed by atoms with Crippen molar-refractivity contribution in [1.29, 1.82) is 0 Å². The average molecular weight is 524 g/mol. The summed E-state index contributed by atoms with van der Waals surface area (Å²) in [5, 5.41) is 1.03. The predicted octanol–water partition coefficient (Wildman–Crippen LogP) is 7.17. The van der Waals surface area contributed by atoms with Crippen molar-refractivity contribution in [1.82, 2.24) is 9.80 Å². The van der Waals surface area contributed by atoms with Crippen LogP contribution in [0.2, 0.25) is 10.0 Å². The summed E-state index contributed by atoms with van der Waals surface area (Å²) in [5.74, 6) is 0.189. The summed E-state index contributed by atoms with van der Waals surface area (Å²) in [5.41, 5.74) is 2.59. The summed E-state index contributed by atoms with van der Waals surface area (Å²) in [6, 6.07) is 25.5. The summed E-state index contributed by atoms with van der Waals surface area (Å²) in [4.78, 5) is 29.7. The van der Waals surface area contributed by atoms with Crippen molar-refractivity contribution in [3.63, 3.8) is 0 Å². The fraction of sp³-hybridized carbons (Fsp3) is 0.333. The highest BCUT2D eigenvalue weighted by atomic mass is 35.5. The second-order valence-electron chi connectivity index (χ2n) is 9.53. The van der Waals surface area contributed by atoms with Crippen LogP contribution < -0.4 is 0 Å². The molecule has 0 saturated carbocycles. The predicted molar refractivity (Wildman–Crippen MR) is 147 cm³/mol. The van der Waals surface area contributed by atoms with E-state index in [-0.39, 0.29) is 23.3 Å². The summed E-state index contributed by atoms with van der Waals surface area (Å²) < 4.78 is 0. The Balaban J connectivity index is 1.58. The highest BCUT2D eigenvalue weighted by molar-refractivity contribution is 6.42. The Morgan fingerprint density at radius 3 is 2.11 bits per heavy atom. The van der Waals surface area contributed by atoms with Crippen molar-refractivity contribution < 1.29 is 9.59 Å². The van der Waals surface area contributed by atoms with Gasteiger partial charge >= 0.3 is 0 Å². The molecule has 0 N–H and O–H groups in total. The largest absolute Gasteiger partial charge is 0.336 e. The molecule has 0 bridgehead atoms. The Hall–Kier alpha value is -2.66. The van der Waals surface area contributed by atoms with Gasteiger partial charge in [-0.25, -0.2) is 0 Å². The Bertz CT molecular complexity index is 1190. The zero-order chi connectivity index (χ0) is 25.7. The third kappa shape index (κ3) is 5.67. The molecular formula is C30H32Cl2N2O2. The van der Waals surface area contributed by atoms with Crippen LogP contribution in [0.3, 0.4) is 0 Å². The van der Waals surface area contributed by atoms with Crippen LogP contribution in [0.25, 0.3) is 0 Å². The standard InChI is InChI=1S/C30H32Cl2N2O2/c1-22(35)33(2)30(25-11-7-4-8-12-25)17-19-34(20-18-30)28(24-13-14-26(31)27(32)21-24)15-16-29(36)23-9-5-3-6-10-23/h3-14,21,28H,15-20H2,1-2H3. The van der Waals surface area contributed by atoms with Gasteiger partial charge < -0.3 is 4.90 Å². The lowest BCUT2D eigenvalue weighted by molar-refractivity contribution is -0.136. The Morgan fingerprint density at radius 2 is 1.53 bits per heavy atom. The van der Waals surface area contributed by atoms with Gasteiger partial charge in [0.2, 0.25) is 5.91 Å².